The fourth-order valence-electron chi connectivity index (χ4n) is 1.46. The molecule has 1 rings (SSSR count). The average Bonchev–Trinajstić information content (AvgIpc) is 2.37. The van der Waals surface area contributed by atoms with Crippen LogP contribution in [0.4, 0.5) is 0 Å². The van der Waals surface area contributed by atoms with Gasteiger partial charge in [-0.05, 0) is 31.4 Å². The predicted octanol–water partition coefficient (Wildman–Crippen LogP) is 1.53. The van der Waals surface area contributed by atoms with Crippen LogP contribution in [0, 0.1) is 6.92 Å². The van der Waals surface area contributed by atoms with Gasteiger partial charge in [-0.15, -0.1) is 0 Å². The number of hydrogen-bond acceptors (Lipinski definition) is 2. The van der Waals surface area contributed by atoms with Gasteiger partial charge in [0.25, 0.3) is 0 Å². The van der Waals surface area contributed by atoms with Gasteiger partial charge in [0.05, 0.1) is 0 Å². The Morgan fingerprint density at radius 3 is 2.50 bits per heavy atom. The third-order valence-electron chi connectivity index (χ3n) is 2.90. The maximum absolute atomic E-state index is 11.6. The maximum atomic E-state index is 11.6. The van der Waals surface area contributed by atoms with Crippen LogP contribution in [0.5, 0.6) is 0 Å². The lowest BCUT2D eigenvalue weighted by Gasteiger charge is -2.11. The molecule has 0 fully saturated rings. The van der Waals surface area contributed by atoms with Crippen molar-refractivity contribution in [3.05, 3.63) is 35.4 Å². The highest BCUT2D eigenvalue weighted by molar-refractivity contribution is 6.35. The summed E-state index contributed by atoms with van der Waals surface area (Å²) in [5, 5.41) is 5.25. The van der Waals surface area contributed by atoms with E-state index in [0.29, 0.717) is 6.54 Å². The summed E-state index contributed by atoms with van der Waals surface area (Å²) < 4.78 is 0. The molecule has 98 valence electrons. The number of carbonyl (C=O) groups excluding carboxylic acids is 2. The average molecular weight is 248 g/mol. The number of carbonyl (C=O) groups is 2. The van der Waals surface area contributed by atoms with Gasteiger partial charge in [0.2, 0.25) is 0 Å². The SMILES string of the molecule is CC[C@@H](C)NC(=O)C(=O)NCc1ccccc1C. The van der Waals surface area contributed by atoms with Crippen molar-refractivity contribution in [2.75, 3.05) is 0 Å². The molecule has 4 nitrogen and oxygen atoms in total. The monoisotopic (exact) mass is 248 g/mol. The van der Waals surface area contributed by atoms with Crippen LogP contribution in [0.2, 0.25) is 0 Å². The quantitative estimate of drug-likeness (QED) is 0.794. The van der Waals surface area contributed by atoms with Crippen molar-refractivity contribution < 1.29 is 9.59 Å². The zero-order valence-electron chi connectivity index (χ0n) is 11.1. The molecule has 0 aromatic heterocycles. The van der Waals surface area contributed by atoms with Crippen molar-refractivity contribution in [2.45, 2.75) is 39.8 Å². The number of aryl methyl sites for hydroxylation is 1. The molecule has 0 aliphatic heterocycles. The molecule has 18 heavy (non-hydrogen) atoms. The molecule has 0 radical (unpaired) electrons. The molecular formula is C14H20N2O2. The molecule has 0 aliphatic rings. The maximum Gasteiger partial charge on any atom is 0.309 e. The van der Waals surface area contributed by atoms with Gasteiger partial charge in [-0.25, -0.2) is 0 Å². The van der Waals surface area contributed by atoms with Gasteiger partial charge in [0.15, 0.2) is 0 Å². The Labute approximate surface area is 108 Å². The second-order valence-electron chi connectivity index (χ2n) is 4.39. The largest absolute Gasteiger partial charge is 0.345 e. The first-order valence-corrected chi connectivity index (χ1v) is 6.17. The van der Waals surface area contributed by atoms with Gasteiger partial charge in [-0.1, -0.05) is 31.2 Å². The summed E-state index contributed by atoms with van der Waals surface area (Å²) >= 11 is 0. The Hall–Kier alpha value is -1.84. The van der Waals surface area contributed by atoms with E-state index in [9.17, 15) is 9.59 Å². The first-order valence-electron chi connectivity index (χ1n) is 6.17. The van der Waals surface area contributed by atoms with Gasteiger partial charge >= 0.3 is 11.8 Å². The molecule has 0 saturated carbocycles. The van der Waals surface area contributed by atoms with Crippen molar-refractivity contribution in [2.24, 2.45) is 0 Å². The van der Waals surface area contributed by atoms with Crippen LogP contribution in [0.25, 0.3) is 0 Å². The topological polar surface area (TPSA) is 58.2 Å². The van der Waals surface area contributed by atoms with Crippen LogP contribution in [0.3, 0.4) is 0 Å². The molecule has 1 aromatic rings. The number of benzene rings is 1. The van der Waals surface area contributed by atoms with E-state index in [1.165, 1.54) is 0 Å². The van der Waals surface area contributed by atoms with Crippen LogP contribution in [0.1, 0.15) is 31.4 Å². The molecule has 1 atom stereocenters. The van der Waals surface area contributed by atoms with Gasteiger partial charge < -0.3 is 10.6 Å². The minimum absolute atomic E-state index is 0.0155. The third-order valence-corrected chi connectivity index (χ3v) is 2.90. The number of nitrogens with one attached hydrogen (secondary N) is 2. The lowest BCUT2D eigenvalue weighted by Crippen LogP contribution is -2.43. The van der Waals surface area contributed by atoms with E-state index >= 15 is 0 Å². The standard InChI is InChI=1S/C14H20N2O2/c1-4-11(3)16-14(18)13(17)15-9-12-8-6-5-7-10(12)2/h5-8,11H,4,9H2,1-3H3,(H,15,17)(H,16,18)/t11-/m1/s1. The molecule has 0 unspecified atom stereocenters. The van der Waals surface area contributed by atoms with Crippen LogP contribution in [-0.2, 0) is 16.1 Å². The molecule has 0 aliphatic carbocycles. The van der Waals surface area contributed by atoms with Gasteiger partial charge in [0.1, 0.15) is 0 Å². The number of hydrogen-bond donors (Lipinski definition) is 2. The van der Waals surface area contributed by atoms with Gasteiger partial charge in [0, 0.05) is 12.6 Å². The zero-order chi connectivity index (χ0) is 13.5. The lowest BCUT2D eigenvalue weighted by molar-refractivity contribution is -0.139. The molecular weight excluding hydrogens is 228 g/mol. The molecule has 0 spiro atoms. The zero-order valence-corrected chi connectivity index (χ0v) is 11.1. The molecule has 2 N–H and O–H groups in total. The lowest BCUT2D eigenvalue weighted by atomic mass is 10.1. The summed E-state index contributed by atoms with van der Waals surface area (Å²) in [6.45, 7) is 6.17. The van der Waals surface area contributed by atoms with Crippen molar-refractivity contribution >= 4 is 11.8 Å². The summed E-state index contributed by atoms with van der Waals surface area (Å²) in [4.78, 5) is 23.1. The Balaban J connectivity index is 2.46. The van der Waals surface area contributed by atoms with Gasteiger partial charge in [-0.3, -0.25) is 9.59 Å². The van der Waals surface area contributed by atoms with E-state index < -0.39 is 11.8 Å². The van der Waals surface area contributed by atoms with E-state index in [0.717, 1.165) is 17.5 Å². The fourth-order valence-corrected chi connectivity index (χ4v) is 1.46. The smallest absolute Gasteiger partial charge is 0.309 e. The second-order valence-corrected chi connectivity index (χ2v) is 4.39. The Morgan fingerprint density at radius 1 is 1.22 bits per heavy atom. The molecule has 0 saturated heterocycles. The fraction of sp³-hybridized carbons (Fsp3) is 0.429. The van der Waals surface area contributed by atoms with Crippen molar-refractivity contribution in [1.82, 2.24) is 10.6 Å². The Kier molecular flexibility index (Phi) is 5.36. The van der Waals surface area contributed by atoms with Crippen LogP contribution < -0.4 is 10.6 Å². The summed E-state index contributed by atoms with van der Waals surface area (Å²) in [7, 11) is 0. The first kappa shape index (κ1) is 14.2. The molecule has 0 bridgehead atoms. The van der Waals surface area contributed by atoms with Crippen molar-refractivity contribution in [1.29, 1.82) is 0 Å². The minimum Gasteiger partial charge on any atom is -0.345 e. The van der Waals surface area contributed by atoms with Crippen LogP contribution in [0.15, 0.2) is 24.3 Å². The number of amides is 2. The predicted molar refractivity (Wildman–Crippen MR) is 70.9 cm³/mol. The van der Waals surface area contributed by atoms with Crippen molar-refractivity contribution in [3.8, 4) is 0 Å². The molecule has 0 heterocycles. The number of rotatable bonds is 4. The highest BCUT2D eigenvalue weighted by Crippen LogP contribution is 2.05. The molecule has 2 amide bonds. The highest BCUT2D eigenvalue weighted by atomic mass is 16.2. The van der Waals surface area contributed by atoms with E-state index in [-0.39, 0.29) is 6.04 Å². The van der Waals surface area contributed by atoms with E-state index in [1.54, 1.807) is 0 Å². The second kappa shape index (κ2) is 6.79. The van der Waals surface area contributed by atoms with E-state index in [2.05, 4.69) is 10.6 Å². The van der Waals surface area contributed by atoms with Crippen molar-refractivity contribution in [3.63, 3.8) is 0 Å². The summed E-state index contributed by atoms with van der Waals surface area (Å²) in [6, 6.07) is 7.77. The summed E-state index contributed by atoms with van der Waals surface area (Å²) in [5.74, 6) is -1.16. The van der Waals surface area contributed by atoms with E-state index in [1.807, 2.05) is 45.0 Å². The Morgan fingerprint density at radius 2 is 1.89 bits per heavy atom. The van der Waals surface area contributed by atoms with Crippen LogP contribution in [-0.4, -0.2) is 17.9 Å². The first-order chi connectivity index (χ1) is 8.54. The highest BCUT2D eigenvalue weighted by Gasteiger charge is 2.14. The van der Waals surface area contributed by atoms with E-state index in [4.69, 9.17) is 0 Å². The van der Waals surface area contributed by atoms with Gasteiger partial charge in [-0.2, -0.15) is 0 Å². The third kappa shape index (κ3) is 4.20. The van der Waals surface area contributed by atoms with Crippen LogP contribution >= 0.6 is 0 Å². The Bertz CT molecular complexity index is 430. The summed E-state index contributed by atoms with van der Waals surface area (Å²) in [6.07, 6.45) is 0.802. The minimum atomic E-state index is -0.585. The summed E-state index contributed by atoms with van der Waals surface area (Å²) in [5.41, 5.74) is 2.11. The normalized spacial score (nSPS) is 11.7. The molecule has 1 aromatic carbocycles. The molecule has 4 heteroatoms.